The highest BCUT2D eigenvalue weighted by atomic mass is 16.7. The van der Waals surface area contributed by atoms with Crippen LogP contribution in [0.1, 0.15) is 130 Å². The van der Waals surface area contributed by atoms with Crippen molar-refractivity contribution in [3.8, 4) is 11.8 Å². The van der Waals surface area contributed by atoms with E-state index in [1.165, 1.54) is 57.8 Å². The average molecular weight is 539 g/mol. The molecule has 1 atom stereocenters. The zero-order valence-electron chi connectivity index (χ0n) is 23.9. The third kappa shape index (κ3) is 15.5. The van der Waals surface area contributed by atoms with Crippen molar-refractivity contribution in [1.82, 2.24) is 10.0 Å². The number of esters is 1. The predicted octanol–water partition coefficient (Wildman–Crippen LogP) is 5.94. The van der Waals surface area contributed by atoms with Gasteiger partial charge in [0.2, 0.25) is 17.7 Å². The van der Waals surface area contributed by atoms with Crippen LogP contribution in [0.2, 0.25) is 0 Å². The van der Waals surface area contributed by atoms with E-state index in [0.29, 0.717) is 11.2 Å². The number of hydrogen-bond donors (Lipinski definition) is 3. The van der Waals surface area contributed by atoms with Crippen LogP contribution in [-0.4, -0.2) is 44.4 Å². The molecule has 0 saturated carbocycles. The van der Waals surface area contributed by atoms with E-state index in [2.05, 4.69) is 12.2 Å². The molecule has 0 unspecified atom stereocenters. The van der Waals surface area contributed by atoms with Crippen molar-refractivity contribution in [1.29, 1.82) is 0 Å². The summed E-state index contributed by atoms with van der Waals surface area (Å²) in [6.07, 6.45) is 15.8. The molecule has 38 heavy (non-hydrogen) atoms. The van der Waals surface area contributed by atoms with Gasteiger partial charge in [0.05, 0.1) is 0 Å². The normalized spacial score (nSPS) is 12.2. The van der Waals surface area contributed by atoms with E-state index in [0.717, 1.165) is 31.4 Å². The number of ether oxygens (including phenoxy) is 1. The minimum absolute atomic E-state index is 0.0408. The molecule has 1 aromatic rings. The zero-order valence-corrected chi connectivity index (χ0v) is 23.9. The Morgan fingerprint density at radius 2 is 1.29 bits per heavy atom. The van der Waals surface area contributed by atoms with Crippen molar-refractivity contribution < 1.29 is 34.2 Å². The van der Waals surface area contributed by atoms with Crippen molar-refractivity contribution >= 4 is 17.8 Å². The molecule has 1 heterocycles. The van der Waals surface area contributed by atoms with Gasteiger partial charge >= 0.3 is 11.9 Å². The maximum atomic E-state index is 12.7. The van der Waals surface area contributed by atoms with E-state index in [9.17, 15) is 24.6 Å². The molecule has 9 heteroatoms. The van der Waals surface area contributed by atoms with Crippen LogP contribution in [0.25, 0.3) is 0 Å². The fourth-order valence-corrected chi connectivity index (χ4v) is 4.12. The number of nitrogens with one attached hydrogen (secondary N) is 1. The number of aromatic nitrogens is 1. The number of nitrogens with zero attached hydrogens (tertiary/aromatic N) is 1. The highest BCUT2D eigenvalue weighted by molar-refractivity contribution is 5.85. The third-order valence-corrected chi connectivity index (χ3v) is 6.16. The summed E-state index contributed by atoms with van der Waals surface area (Å²) < 4.78 is 5.84. The smallest absolute Gasteiger partial charge is 0.355 e. The summed E-state index contributed by atoms with van der Waals surface area (Å²) in [4.78, 5) is 42.4. The minimum Gasteiger partial charge on any atom is -0.492 e. The van der Waals surface area contributed by atoms with Gasteiger partial charge in [-0.2, -0.15) is 0 Å². The van der Waals surface area contributed by atoms with Crippen LogP contribution in [0.4, 0.5) is 0 Å². The molecule has 0 aliphatic rings. The molecular weight excluding hydrogens is 488 g/mol. The van der Waals surface area contributed by atoms with Gasteiger partial charge in [-0.15, -0.1) is 4.73 Å². The van der Waals surface area contributed by atoms with Crippen molar-refractivity contribution in [2.24, 2.45) is 0 Å². The largest absolute Gasteiger partial charge is 0.492 e. The number of hydrogen-bond acceptors (Lipinski definition) is 7. The second-order valence-corrected chi connectivity index (χ2v) is 11.0. The monoisotopic (exact) mass is 538 g/mol. The van der Waals surface area contributed by atoms with Gasteiger partial charge < -0.3 is 25.1 Å². The molecule has 0 aliphatic heterocycles. The first kappa shape index (κ1) is 33.3. The molecule has 218 valence electrons. The van der Waals surface area contributed by atoms with Gasteiger partial charge in [-0.3, -0.25) is 9.59 Å². The molecular formula is C29H50N2O7. The summed E-state index contributed by atoms with van der Waals surface area (Å²) in [5, 5.41) is 22.1. The maximum absolute atomic E-state index is 12.7. The summed E-state index contributed by atoms with van der Waals surface area (Å²) in [6.45, 7) is 7.46. The Morgan fingerprint density at radius 3 is 1.76 bits per heavy atom. The van der Waals surface area contributed by atoms with Crippen LogP contribution < -0.4 is 10.2 Å². The molecule has 3 N–H and O–H groups in total. The van der Waals surface area contributed by atoms with Crippen LogP contribution in [0, 0.1) is 0 Å². The highest BCUT2D eigenvalue weighted by Crippen LogP contribution is 2.19. The van der Waals surface area contributed by atoms with E-state index in [4.69, 9.17) is 9.57 Å². The summed E-state index contributed by atoms with van der Waals surface area (Å²) >= 11 is 0. The molecule has 1 amide bonds. The molecule has 0 bridgehead atoms. The summed E-state index contributed by atoms with van der Waals surface area (Å²) in [5.41, 5.74) is -0.673. The fraction of sp³-hybridized carbons (Fsp3) is 0.759. The van der Waals surface area contributed by atoms with Crippen LogP contribution in [0.5, 0.6) is 11.8 Å². The van der Waals surface area contributed by atoms with Crippen LogP contribution in [-0.2, 0) is 19.1 Å². The lowest BCUT2D eigenvalue weighted by Crippen LogP contribution is -2.45. The number of unbranched alkanes of at least 4 members (excludes halogenated alkanes) is 12. The van der Waals surface area contributed by atoms with E-state index >= 15 is 0 Å². The molecule has 0 spiro atoms. The standard InChI is InChI=1S/C29H50N2O7/c1-5-6-7-8-9-10-11-12-13-14-15-16-17-18-24(32)30-23(19-22-27(35)37-29(2,3)4)28(36)38-31-25(33)20-21-26(31)34/h20-21,23,33-34H,5-19,22H2,1-4H3,(H,30,32)/t23-/m0/s1. The van der Waals surface area contributed by atoms with Gasteiger partial charge in [0.1, 0.15) is 11.6 Å². The molecule has 1 aromatic heterocycles. The first-order valence-corrected chi connectivity index (χ1v) is 14.4. The first-order chi connectivity index (χ1) is 18.0. The third-order valence-electron chi connectivity index (χ3n) is 6.16. The zero-order chi connectivity index (χ0) is 28.4. The lowest BCUT2D eigenvalue weighted by atomic mass is 10.0. The Labute approximate surface area is 228 Å². The van der Waals surface area contributed by atoms with E-state index in [-0.39, 0.29) is 25.2 Å². The SMILES string of the molecule is CCCCCCCCCCCCCCCC(=O)N[C@@H](CCC(=O)OC(C)(C)C)C(=O)On1c(O)ccc1O. The van der Waals surface area contributed by atoms with Gasteiger partial charge in [-0.1, -0.05) is 84.0 Å². The van der Waals surface area contributed by atoms with Gasteiger partial charge in [0, 0.05) is 25.0 Å². The van der Waals surface area contributed by atoms with E-state index in [1.54, 1.807) is 20.8 Å². The molecule has 0 fully saturated rings. The van der Waals surface area contributed by atoms with Crippen molar-refractivity contribution in [2.45, 2.75) is 142 Å². The summed E-state index contributed by atoms with van der Waals surface area (Å²) in [5.74, 6) is -2.68. The van der Waals surface area contributed by atoms with E-state index < -0.39 is 35.3 Å². The molecule has 9 nitrogen and oxygen atoms in total. The second kappa shape index (κ2) is 18.5. The summed E-state index contributed by atoms with van der Waals surface area (Å²) in [6, 6.07) is 1.18. The van der Waals surface area contributed by atoms with Gasteiger partial charge in [-0.25, -0.2) is 4.79 Å². The van der Waals surface area contributed by atoms with Crippen molar-refractivity contribution in [2.75, 3.05) is 0 Å². The van der Waals surface area contributed by atoms with Crippen molar-refractivity contribution in [3.63, 3.8) is 0 Å². The molecule has 0 aliphatic carbocycles. The summed E-state index contributed by atoms with van der Waals surface area (Å²) in [7, 11) is 0. The minimum atomic E-state index is -1.14. The lowest BCUT2D eigenvalue weighted by molar-refractivity contribution is -0.156. The Morgan fingerprint density at radius 1 is 0.816 bits per heavy atom. The highest BCUT2D eigenvalue weighted by Gasteiger charge is 2.27. The first-order valence-electron chi connectivity index (χ1n) is 14.4. The van der Waals surface area contributed by atoms with Crippen LogP contribution >= 0.6 is 0 Å². The Hall–Kier alpha value is -2.71. The second-order valence-electron chi connectivity index (χ2n) is 11.0. The lowest BCUT2D eigenvalue weighted by Gasteiger charge is -2.21. The Bertz CT molecular complexity index is 810. The van der Waals surface area contributed by atoms with Crippen LogP contribution in [0.3, 0.4) is 0 Å². The molecule has 0 saturated heterocycles. The maximum Gasteiger partial charge on any atom is 0.355 e. The fourth-order valence-electron chi connectivity index (χ4n) is 4.12. The van der Waals surface area contributed by atoms with Gasteiger partial charge in [0.25, 0.3) is 0 Å². The number of amides is 1. The number of aromatic hydroxyl groups is 2. The Kier molecular flexibility index (Phi) is 16.2. The number of carbonyl (C=O) groups is 3. The topological polar surface area (TPSA) is 127 Å². The van der Waals surface area contributed by atoms with Gasteiger partial charge in [-0.05, 0) is 33.6 Å². The number of carbonyl (C=O) groups excluding carboxylic acids is 3. The van der Waals surface area contributed by atoms with Gasteiger partial charge in [0.15, 0.2) is 0 Å². The van der Waals surface area contributed by atoms with Crippen LogP contribution in [0.15, 0.2) is 12.1 Å². The molecule has 1 rings (SSSR count). The quantitative estimate of drug-likeness (QED) is 0.138. The van der Waals surface area contributed by atoms with Crippen molar-refractivity contribution in [3.05, 3.63) is 12.1 Å². The Balaban J connectivity index is 2.38. The van der Waals surface area contributed by atoms with E-state index in [1.807, 2.05) is 0 Å². The number of rotatable bonds is 20. The predicted molar refractivity (Wildman–Crippen MR) is 147 cm³/mol. The average Bonchev–Trinajstić information content (AvgIpc) is 3.15. The molecule has 0 radical (unpaired) electrons. The molecule has 0 aromatic carbocycles.